The zero-order valence-electron chi connectivity index (χ0n) is 10.3. The van der Waals surface area contributed by atoms with Gasteiger partial charge in [-0.1, -0.05) is 31.9 Å². The van der Waals surface area contributed by atoms with Crippen molar-refractivity contribution in [2.75, 3.05) is 5.32 Å². The van der Waals surface area contributed by atoms with Crippen molar-refractivity contribution in [2.45, 2.75) is 39.2 Å². The molecular formula is C13H19ClN2O. The van der Waals surface area contributed by atoms with Gasteiger partial charge in [0.1, 0.15) is 0 Å². The van der Waals surface area contributed by atoms with Gasteiger partial charge in [-0.15, -0.1) is 0 Å². The lowest BCUT2D eigenvalue weighted by molar-refractivity contribution is 0.100. The Morgan fingerprint density at radius 2 is 2.18 bits per heavy atom. The van der Waals surface area contributed by atoms with E-state index in [1.165, 1.54) is 0 Å². The standard InChI is InChI=1S/C13H19ClN2O/c1-3-5-9(4-2)16-10-6-7-11(13(15)17)12(14)8-10/h6-9,16H,3-5H2,1-2H3,(H2,15,17). The molecule has 1 unspecified atom stereocenters. The van der Waals surface area contributed by atoms with Gasteiger partial charge in [0.05, 0.1) is 10.6 Å². The monoisotopic (exact) mass is 254 g/mol. The van der Waals surface area contributed by atoms with E-state index in [-0.39, 0.29) is 0 Å². The highest BCUT2D eigenvalue weighted by Gasteiger charge is 2.09. The molecule has 17 heavy (non-hydrogen) atoms. The molecular weight excluding hydrogens is 236 g/mol. The maximum Gasteiger partial charge on any atom is 0.250 e. The number of hydrogen-bond acceptors (Lipinski definition) is 2. The van der Waals surface area contributed by atoms with Crippen molar-refractivity contribution in [3.63, 3.8) is 0 Å². The van der Waals surface area contributed by atoms with E-state index < -0.39 is 5.91 Å². The summed E-state index contributed by atoms with van der Waals surface area (Å²) >= 11 is 5.99. The van der Waals surface area contributed by atoms with Crippen LogP contribution in [0.4, 0.5) is 5.69 Å². The zero-order valence-corrected chi connectivity index (χ0v) is 11.1. The number of primary amides is 1. The van der Waals surface area contributed by atoms with E-state index in [0.717, 1.165) is 24.9 Å². The van der Waals surface area contributed by atoms with Gasteiger partial charge in [-0.2, -0.15) is 0 Å². The summed E-state index contributed by atoms with van der Waals surface area (Å²) in [6.45, 7) is 4.31. The van der Waals surface area contributed by atoms with Crippen LogP contribution < -0.4 is 11.1 Å². The van der Waals surface area contributed by atoms with Crippen LogP contribution in [0, 0.1) is 0 Å². The lowest BCUT2D eigenvalue weighted by atomic mass is 10.1. The van der Waals surface area contributed by atoms with Gasteiger partial charge in [-0.25, -0.2) is 0 Å². The molecule has 3 N–H and O–H groups in total. The second-order valence-electron chi connectivity index (χ2n) is 4.10. The van der Waals surface area contributed by atoms with Gasteiger partial charge >= 0.3 is 0 Å². The van der Waals surface area contributed by atoms with E-state index in [0.29, 0.717) is 16.6 Å². The van der Waals surface area contributed by atoms with Gasteiger partial charge in [0.25, 0.3) is 0 Å². The fourth-order valence-electron chi connectivity index (χ4n) is 1.77. The van der Waals surface area contributed by atoms with Crippen LogP contribution in [0.5, 0.6) is 0 Å². The minimum absolute atomic E-state index is 0.362. The summed E-state index contributed by atoms with van der Waals surface area (Å²) in [5, 5.41) is 3.80. The van der Waals surface area contributed by atoms with Gasteiger partial charge in [0.15, 0.2) is 0 Å². The lowest BCUT2D eigenvalue weighted by Gasteiger charge is -2.18. The topological polar surface area (TPSA) is 55.1 Å². The normalized spacial score (nSPS) is 12.2. The molecule has 0 radical (unpaired) electrons. The zero-order chi connectivity index (χ0) is 12.8. The molecule has 1 amide bonds. The first-order valence-corrected chi connectivity index (χ1v) is 6.32. The average molecular weight is 255 g/mol. The summed E-state index contributed by atoms with van der Waals surface area (Å²) in [6.07, 6.45) is 3.31. The van der Waals surface area contributed by atoms with Crippen LogP contribution in [0.3, 0.4) is 0 Å². The highest BCUT2D eigenvalue weighted by molar-refractivity contribution is 6.34. The predicted molar refractivity (Wildman–Crippen MR) is 72.6 cm³/mol. The highest BCUT2D eigenvalue weighted by atomic mass is 35.5. The van der Waals surface area contributed by atoms with Crippen LogP contribution in [-0.2, 0) is 0 Å². The number of benzene rings is 1. The van der Waals surface area contributed by atoms with Crippen molar-refractivity contribution >= 4 is 23.2 Å². The van der Waals surface area contributed by atoms with Gasteiger partial charge in [0, 0.05) is 11.7 Å². The lowest BCUT2D eigenvalue weighted by Crippen LogP contribution is -2.18. The summed E-state index contributed by atoms with van der Waals surface area (Å²) in [5.74, 6) is -0.498. The molecule has 0 aliphatic carbocycles. The molecule has 4 heteroatoms. The Balaban J connectivity index is 2.79. The summed E-state index contributed by atoms with van der Waals surface area (Å²) < 4.78 is 0. The van der Waals surface area contributed by atoms with Crippen LogP contribution >= 0.6 is 11.6 Å². The van der Waals surface area contributed by atoms with Crippen molar-refractivity contribution in [3.05, 3.63) is 28.8 Å². The molecule has 0 bridgehead atoms. The Kier molecular flexibility index (Phi) is 5.29. The molecule has 0 heterocycles. The quantitative estimate of drug-likeness (QED) is 0.817. The van der Waals surface area contributed by atoms with Gasteiger partial charge in [-0.3, -0.25) is 4.79 Å². The molecule has 1 rings (SSSR count). The molecule has 94 valence electrons. The second kappa shape index (κ2) is 6.50. The number of carbonyl (C=O) groups excluding carboxylic acids is 1. The van der Waals surface area contributed by atoms with Gasteiger partial charge in [-0.05, 0) is 31.0 Å². The SMILES string of the molecule is CCCC(CC)Nc1ccc(C(N)=O)c(Cl)c1. The molecule has 1 aromatic rings. The van der Waals surface area contributed by atoms with E-state index in [2.05, 4.69) is 19.2 Å². The smallest absolute Gasteiger partial charge is 0.250 e. The maximum atomic E-state index is 11.0. The van der Waals surface area contributed by atoms with E-state index in [4.69, 9.17) is 17.3 Å². The number of nitrogens with one attached hydrogen (secondary N) is 1. The number of anilines is 1. The minimum atomic E-state index is -0.498. The summed E-state index contributed by atoms with van der Waals surface area (Å²) in [4.78, 5) is 11.0. The second-order valence-corrected chi connectivity index (χ2v) is 4.50. The van der Waals surface area contributed by atoms with E-state index >= 15 is 0 Å². The van der Waals surface area contributed by atoms with E-state index in [1.807, 2.05) is 6.07 Å². The third-order valence-corrected chi connectivity index (χ3v) is 3.05. The first kappa shape index (κ1) is 13.8. The van der Waals surface area contributed by atoms with Crippen LogP contribution in [0.2, 0.25) is 5.02 Å². The van der Waals surface area contributed by atoms with Gasteiger partial charge in [0.2, 0.25) is 5.91 Å². The third-order valence-electron chi connectivity index (χ3n) is 2.74. The van der Waals surface area contributed by atoms with Crippen molar-refractivity contribution in [1.82, 2.24) is 0 Å². The number of rotatable bonds is 6. The van der Waals surface area contributed by atoms with Crippen LogP contribution in [0.25, 0.3) is 0 Å². The summed E-state index contributed by atoms with van der Waals surface area (Å²) in [5.41, 5.74) is 6.49. The largest absolute Gasteiger partial charge is 0.382 e. The number of carbonyl (C=O) groups is 1. The Morgan fingerprint density at radius 1 is 1.47 bits per heavy atom. The van der Waals surface area contributed by atoms with Crippen LogP contribution in [-0.4, -0.2) is 11.9 Å². The number of halogens is 1. The van der Waals surface area contributed by atoms with Crippen molar-refractivity contribution in [1.29, 1.82) is 0 Å². The predicted octanol–water partition coefficient (Wildman–Crippen LogP) is 3.43. The van der Waals surface area contributed by atoms with Crippen molar-refractivity contribution < 1.29 is 4.79 Å². The Hall–Kier alpha value is -1.22. The van der Waals surface area contributed by atoms with Crippen molar-refractivity contribution in [3.8, 4) is 0 Å². The summed E-state index contributed by atoms with van der Waals surface area (Å²) in [7, 11) is 0. The molecule has 0 saturated heterocycles. The fraction of sp³-hybridized carbons (Fsp3) is 0.462. The third kappa shape index (κ3) is 3.93. The number of nitrogens with two attached hydrogens (primary N) is 1. The highest BCUT2D eigenvalue weighted by Crippen LogP contribution is 2.22. The van der Waals surface area contributed by atoms with Crippen molar-refractivity contribution in [2.24, 2.45) is 5.73 Å². The van der Waals surface area contributed by atoms with Crippen LogP contribution in [0.15, 0.2) is 18.2 Å². The fourth-order valence-corrected chi connectivity index (χ4v) is 2.04. The van der Waals surface area contributed by atoms with E-state index in [9.17, 15) is 4.79 Å². The molecule has 0 spiro atoms. The number of hydrogen-bond donors (Lipinski definition) is 2. The Morgan fingerprint density at radius 3 is 2.65 bits per heavy atom. The molecule has 0 saturated carbocycles. The molecule has 1 aromatic carbocycles. The van der Waals surface area contributed by atoms with E-state index in [1.54, 1.807) is 12.1 Å². The first-order chi connectivity index (χ1) is 8.08. The molecule has 0 aromatic heterocycles. The number of amides is 1. The first-order valence-electron chi connectivity index (χ1n) is 5.94. The molecule has 0 fully saturated rings. The summed E-state index contributed by atoms with van der Waals surface area (Å²) in [6, 6.07) is 5.69. The Bertz CT molecular complexity index is 393. The molecule has 0 aliphatic rings. The Labute approximate surface area is 107 Å². The average Bonchev–Trinajstić information content (AvgIpc) is 2.28. The molecule has 1 atom stereocenters. The minimum Gasteiger partial charge on any atom is -0.382 e. The maximum absolute atomic E-state index is 11.0. The molecule has 3 nitrogen and oxygen atoms in total. The van der Waals surface area contributed by atoms with Crippen LogP contribution in [0.1, 0.15) is 43.5 Å². The molecule has 0 aliphatic heterocycles. The van der Waals surface area contributed by atoms with Gasteiger partial charge < -0.3 is 11.1 Å².